The van der Waals surface area contributed by atoms with Gasteiger partial charge in [0.1, 0.15) is 0 Å². The van der Waals surface area contributed by atoms with E-state index in [2.05, 4.69) is 15.1 Å². The minimum atomic E-state index is -0.892. The summed E-state index contributed by atoms with van der Waals surface area (Å²) in [5.41, 5.74) is 0.553. The van der Waals surface area contributed by atoms with Crippen LogP contribution in [0.4, 0.5) is 0 Å². The van der Waals surface area contributed by atoms with E-state index < -0.39 is 5.97 Å². The molecule has 0 unspecified atom stereocenters. The third kappa shape index (κ3) is 3.50. The van der Waals surface area contributed by atoms with Crippen molar-refractivity contribution in [3.63, 3.8) is 0 Å². The number of furan rings is 1. The molecular weight excluding hydrogens is 314 g/mol. The number of hydrogen-bond acceptors (Lipinski definition) is 8. The molecule has 3 aromatic rings. The van der Waals surface area contributed by atoms with Crippen LogP contribution in [0.25, 0.3) is 11.6 Å². The topological polar surface area (TPSA) is 102 Å². The van der Waals surface area contributed by atoms with Gasteiger partial charge < -0.3 is 14.0 Å². The van der Waals surface area contributed by atoms with Crippen LogP contribution >= 0.6 is 23.1 Å². The molecule has 1 N–H and O–H groups in total. The van der Waals surface area contributed by atoms with Crippen LogP contribution in [0.1, 0.15) is 11.6 Å². The molecule has 7 nitrogen and oxygen atoms in total. The van der Waals surface area contributed by atoms with Crippen molar-refractivity contribution in [2.24, 2.45) is 0 Å². The van der Waals surface area contributed by atoms with Crippen LogP contribution in [0.3, 0.4) is 0 Å². The van der Waals surface area contributed by atoms with Gasteiger partial charge >= 0.3 is 5.97 Å². The first kappa shape index (κ1) is 13.8. The van der Waals surface area contributed by atoms with Crippen molar-refractivity contribution < 1.29 is 18.8 Å². The molecule has 3 heterocycles. The Labute approximate surface area is 127 Å². The Bertz CT molecular complexity index is 735. The number of aliphatic carboxylic acids is 1. The van der Waals surface area contributed by atoms with E-state index in [1.807, 2.05) is 0 Å². The summed E-state index contributed by atoms with van der Waals surface area (Å²) in [7, 11) is 0. The lowest BCUT2D eigenvalue weighted by atomic mass is 10.3. The van der Waals surface area contributed by atoms with Gasteiger partial charge in [0.05, 0.1) is 24.1 Å². The zero-order chi connectivity index (χ0) is 14.7. The highest BCUT2D eigenvalue weighted by atomic mass is 32.2. The molecule has 9 heteroatoms. The van der Waals surface area contributed by atoms with Crippen molar-refractivity contribution in [2.45, 2.75) is 16.5 Å². The van der Waals surface area contributed by atoms with Gasteiger partial charge in [0.2, 0.25) is 11.7 Å². The Morgan fingerprint density at radius 3 is 3.10 bits per heavy atom. The average molecular weight is 323 g/mol. The highest BCUT2D eigenvalue weighted by Crippen LogP contribution is 2.26. The molecule has 0 aliphatic carbocycles. The van der Waals surface area contributed by atoms with Crippen molar-refractivity contribution in [2.75, 3.05) is 0 Å². The van der Waals surface area contributed by atoms with E-state index in [4.69, 9.17) is 14.0 Å². The number of thioether (sulfide) groups is 1. The number of thiazole rings is 1. The Morgan fingerprint density at radius 1 is 1.43 bits per heavy atom. The van der Waals surface area contributed by atoms with Crippen LogP contribution in [-0.2, 0) is 17.0 Å². The van der Waals surface area contributed by atoms with Crippen molar-refractivity contribution in [1.82, 2.24) is 15.1 Å². The molecule has 0 aliphatic rings. The standard InChI is InChI=1S/C12H9N3O4S2/c16-10(17)4-7-5-20-12(13-7)21-6-9-14-11(15-19-9)8-2-1-3-18-8/h1-3,5H,4,6H2,(H,16,17). The van der Waals surface area contributed by atoms with Gasteiger partial charge in [0.25, 0.3) is 0 Å². The van der Waals surface area contributed by atoms with Crippen molar-refractivity contribution in [3.8, 4) is 11.6 Å². The lowest BCUT2D eigenvalue weighted by Crippen LogP contribution is -1.99. The predicted octanol–water partition coefficient (Wildman–Crippen LogP) is 2.71. The van der Waals surface area contributed by atoms with Gasteiger partial charge in [-0.1, -0.05) is 16.9 Å². The minimum absolute atomic E-state index is 0.0692. The van der Waals surface area contributed by atoms with E-state index in [0.717, 1.165) is 4.34 Å². The maximum atomic E-state index is 10.6. The SMILES string of the molecule is O=C(O)Cc1csc(SCc2nc(-c3ccco3)no2)n1. The molecule has 0 fully saturated rings. The van der Waals surface area contributed by atoms with Crippen LogP contribution in [0, 0.1) is 0 Å². The van der Waals surface area contributed by atoms with Gasteiger partial charge in [0.15, 0.2) is 10.1 Å². The summed E-state index contributed by atoms with van der Waals surface area (Å²) in [6.45, 7) is 0. The first-order valence-corrected chi connectivity index (χ1v) is 7.72. The lowest BCUT2D eigenvalue weighted by molar-refractivity contribution is -0.136. The van der Waals surface area contributed by atoms with Gasteiger partial charge in [0, 0.05) is 5.38 Å². The number of nitrogens with zero attached hydrogens (tertiary/aromatic N) is 3. The van der Waals surface area contributed by atoms with Crippen LogP contribution in [0.15, 0.2) is 37.1 Å². The third-order valence-corrected chi connectivity index (χ3v) is 4.45. The molecule has 3 aromatic heterocycles. The fourth-order valence-electron chi connectivity index (χ4n) is 1.53. The van der Waals surface area contributed by atoms with Crippen molar-refractivity contribution in [1.29, 1.82) is 0 Å². The van der Waals surface area contributed by atoms with Crippen LogP contribution in [0.2, 0.25) is 0 Å². The van der Waals surface area contributed by atoms with E-state index in [9.17, 15) is 4.79 Å². The van der Waals surface area contributed by atoms with Crippen LogP contribution < -0.4 is 0 Å². The fourth-order valence-corrected chi connectivity index (χ4v) is 3.22. The number of hydrogen-bond donors (Lipinski definition) is 1. The number of aromatic nitrogens is 3. The molecule has 0 atom stereocenters. The molecule has 0 bridgehead atoms. The summed E-state index contributed by atoms with van der Waals surface area (Å²) in [5.74, 6) is 0.987. The zero-order valence-corrected chi connectivity index (χ0v) is 12.2. The van der Waals surface area contributed by atoms with Crippen LogP contribution in [0.5, 0.6) is 0 Å². The summed E-state index contributed by atoms with van der Waals surface area (Å²) in [4.78, 5) is 19.0. The van der Waals surface area contributed by atoms with Gasteiger partial charge in [-0.25, -0.2) is 4.98 Å². The lowest BCUT2D eigenvalue weighted by Gasteiger charge is -1.91. The van der Waals surface area contributed by atoms with E-state index in [1.54, 1.807) is 23.8 Å². The van der Waals surface area contributed by atoms with E-state index in [0.29, 0.717) is 28.9 Å². The normalized spacial score (nSPS) is 10.9. The zero-order valence-electron chi connectivity index (χ0n) is 10.6. The largest absolute Gasteiger partial charge is 0.481 e. The maximum absolute atomic E-state index is 10.6. The molecule has 108 valence electrons. The predicted molar refractivity (Wildman–Crippen MR) is 75.0 cm³/mol. The molecule has 0 spiro atoms. The Balaban J connectivity index is 1.60. The van der Waals surface area contributed by atoms with Gasteiger partial charge in [-0.05, 0) is 12.1 Å². The molecule has 0 aliphatic heterocycles. The quantitative estimate of drug-likeness (QED) is 0.691. The van der Waals surface area contributed by atoms with E-state index in [-0.39, 0.29) is 6.42 Å². The fraction of sp³-hybridized carbons (Fsp3) is 0.167. The average Bonchev–Trinajstić information content (AvgIpc) is 3.17. The minimum Gasteiger partial charge on any atom is -0.481 e. The molecule has 0 saturated heterocycles. The second kappa shape index (κ2) is 6.10. The summed E-state index contributed by atoms with van der Waals surface area (Å²) >= 11 is 2.82. The number of rotatable bonds is 6. The molecule has 0 saturated carbocycles. The first-order valence-electron chi connectivity index (χ1n) is 5.86. The Morgan fingerprint density at radius 2 is 2.33 bits per heavy atom. The molecule has 0 amide bonds. The second-order valence-electron chi connectivity index (χ2n) is 3.95. The maximum Gasteiger partial charge on any atom is 0.309 e. The summed E-state index contributed by atoms with van der Waals surface area (Å²) in [6, 6.07) is 3.50. The molecule has 0 aromatic carbocycles. The van der Waals surface area contributed by atoms with Crippen molar-refractivity contribution >= 4 is 29.1 Å². The van der Waals surface area contributed by atoms with Gasteiger partial charge in [-0.15, -0.1) is 11.3 Å². The number of carboxylic acid groups (broad SMARTS) is 1. The highest BCUT2D eigenvalue weighted by molar-refractivity contribution is 8.00. The Hall–Kier alpha value is -2.13. The van der Waals surface area contributed by atoms with E-state index in [1.165, 1.54) is 23.1 Å². The first-order chi connectivity index (χ1) is 10.2. The molecular formula is C12H9N3O4S2. The van der Waals surface area contributed by atoms with Crippen LogP contribution in [-0.4, -0.2) is 26.2 Å². The van der Waals surface area contributed by atoms with Gasteiger partial charge in [-0.2, -0.15) is 4.98 Å². The summed E-state index contributed by atoms with van der Waals surface area (Å²) in [6.07, 6.45) is 1.47. The monoisotopic (exact) mass is 323 g/mol. The van der Waals surface area contributed by atoms with Gasteiger partial charge in [-0.3, -0.25) is 4.79 Å². The third-order valence-electron chi connectivity index (χ3n) is 2.39. The Kier molecular flexibility index (Phi) is 4.02. The number of carboxylic acids is 1. The molecule has 0 radical (unpaired) electrons. The smallest absolute Gasteiger partial charge is 0.309 e. The molecule has 3 rings (SSSR count). The summed E-state index contributed by atoms with van der Waals surface area (Å²) in [5, 5.41) is 14.3. The summed E-state index contributed by atoms with van der Waals surface area (Å²) < 4.78 is 11.1. The number of carbonyl (C=O) groups is 1. The highest BCUT2D eigenvalue weighted by Gasteiger charge is 2.12. The van der Waals surface area contributed by atoms with E-state index >= 15 is 0 Å². The second-order valence-corrected chi connectivity index (χ2v) is 6.03. The van der Waals surface area contributed by atoms with Crippen molar-refractivity contribution in [3.05, 3.63) is 35.4 Å². The molecule has 21 heavy (non-hydrogen) atoms.